The van der Waals surface area contributed by atoms with Crippen LogP contribution in [0.5, 0.6) is 5.75 Å². The standard InChI is InChI=1S/C25H25N3O5S2/c1-16-6-8-19(9-7-16)35(30,31)28-12-10-17(11-13-28)24(29)27-25-26-20(15-34-25)22-14-18-4-3-5-21(32-2)23(18)33-22/h3-9,14-15,17H,10-13H2,1-2H3,(H,26,27,29). The van der Waals surface area contributed by atoms with E-state index in [-0.39, 0.29) is 16.7 Å². The minimum absolute atomic E-state index is 0.149. The molecule has 2 aromatic heterocycles. The highest BCUT2D eigenvalue weighted by Crippen LogP contribution is 2.34. The molecule has 182 valence electrons. The van der Waals surface area contributed by atoms with E-state index in [1.807, 2.05) is 36.6 Å². The lowest BCUT2D eigenvalue weighted by Gasteiger charge is -2.30. The molecule has 3 heterocycles. The Balaban J connectivity index is 1.22. The SMILES string of the molecule is COc1cccc2cc(-c3csc(NC(=O)C4CCN(S(=O)(=O)c5ccc(C)cc5)CC4)n3)oc12. The average Bonchev–Trinajstić information content (AvgIpc) is 3.51. The maximum atomic E-state index is 12.9. The lowest BCUT2D eigenvalue weighted by molar-refractivity contribution is -0.120. The number of hydrogen-bond acceptors (Lipinski definition) is 7. The number of carbonyl (C=O) groups is 1. The van der Waals surface area contributed by atoms with Gasteiger partial charge in [-0.3, -0.25) is 4.79 Å². The van der Waals surface area contributed by atoms with Crippen molar-refractivity contribution in [3.8, 4) is 17.2 Å². The van der Waals surface area contributed by atoms with Crippen LogP contribution in [-0.4, -0.2) is 43.8 Å². The van der Waals surface area contributed by atoms with Gasteiger partial charge in [-0.25, -0.2) is 13.4 Å². The fourth-order valence-corrected chi connectivity index (χ4v) is 6.37. The smallest absolute Gasteiger partial charge is 0.243 e. The molecule has 0 aliphatic carbocycles. The maximum absolute atomic E-state index is 12.9. The number of nitrogens with zero attached hydrogens (tertiary/aromatic N) is 2. The van der Waals surface area contributed by atoms with Crippen LogP contribution in [0.3, 0.4) is 0 Å². The molecule has 1 amide bonds. The zero-order valence-electron chi connectivity index (χ0n) is 19.4. The zero-order chi connectivity index (χ0) is 24.6. The van der Waals surface area contributed by atoms with Crippen LogP contribution in [0.2, 0.25) is 0 Å². The minimum Gasteiger partial charge on any atom is -0.493 e. The number of amides is 1. The van der Waals surface area contributed by atoms with Gasteiger partial charge >= 0.3 is 0 Å². The number of fused-ring (bicyclic) bond motifs is 1. The molecule has 0 saturated carbocycles. The summed E-state index contributed by atoms with van der Waals surface area (Å²) in [6, 6.07) is 14.4. The van der Waals surface area contributed by atoms with Gasteiger partial charge < -0.3 is 14.5 Å². The third-order valence-corrected chi connectivity index (χ3v) is 8.87. The van der Waals surface area contributed by atoms with Crippen molar-refractivity contribution in [3.05, 3.63) is 59.5 Å². The molecule has 10 heteroatoms. The third kappa shape index (κ3) is 4.69. The number of benzene rings is 2. The van der Waals surface area contributed by atoms with Gasteiger partial charge in [-0.2, -0.15) is 4.31 Å². The Labute approximate surface area is 207 Å². The molecule has 1 N–H and O–H groups in total. The molecule has 2 aromatic carbocycles. The first-order valence-corrected chi connectivity index (χ1v) is 13.6. The monoisotopic (exact) mass is 511 g/mol. The Bertz CT molecular complexity index is 1470. The average molecular weight is 512 g/mol. The second kappa shape index (κ2) is 9.44. The number of piperidine rings is 1. The van der Waals surface area contributed by atoms with E-state index in [1.54, 1.807) is 31.4 Å². The van der Waals surface area contributed by atoms with Crippen LogP contribution in [0.1, 0.15) is 18.4 Å². The summed E-state index contributed by atoms with van der Waals surface area (Å²) in [6.07, 6.45) is 0.914. The van der Waals surface area contributed by atoms with Crippen molar-refractivity contribution < 1.29 is 22.4 Å². The molecule has 8 nitrogen and oxygen atoms in total. The van der Waals surface area contributed by atoms with Crippen LogP contribution in [0.4, 0.5) is 5.13 Å². The molecule has 0 unspecified atom stereocenters. The number of sulfonamides is 1. The largest absolute Gasteiger partial charge is 0.493 e. The predicted molar refractivity (Wildman–Crippen MR) is 135 cm³/mol. The molecule has 1 aliphatic heterocycles. The van der Waals surface area contributed by atoms with Crippen LogP contribution >= 0.6 is 11.3 Å². The molecule has 1 fully saturated rings. The van der Waals surface area contributed by atoms with Crippen molar-refractivity contribution in [2.45, 2.75) is 24.7 Å². The molecule has 0 atom stereocenters. The van der Waals surface area contributed by atoms with Gasteiger partial charge in [0.2, 0.25) is 15.9 Å². The van der Waals surface area contributed by atoms with Gasteiger partial charge in [0, 0.05) is 29.8 Å². The number of aromatic nitrogens is 1. The number of hydrogen-bond donors (Lipinski definition) is 1. The number of anilines is 1. The maximum Gasteiger partial charge on any atom is 0.243 e. The molecule has 0 spiro atoms. The molecule has 5 rings (SSSR count). The zero-order valence-corrected chi connectivity index (χ0v) is 21.0. The summed E-state index contributed by atoms with van der Waals surface area (Å²) in [5.74, 6) is 0.816. The molecular formula is C25H25N3O5S2. The summed E-state index contributed by atoms with van der Waals surface area (Å²) in [4.78, 5) is 17.6. The molecule has 0 bridgehead atoms. The molecule has 35 heavy (non-hydrogen) atoms. The van der Waals surface area contributed by atoms with E-state index in [0.717, 1.165) is 10.9 Å². The second-order valence-electron chi connectivity index (χ2n) is 8.51. The summed E-state index contributed by atoms with van der Waals surface area (Å²) in [6.45, 7) is 2.52. The topological polar surface area (TPSA) is 102 Å². The van der Waals surface area contributed by atoms with Gasteiger partial charge in [0.15, 0.2) is 22.2 Å². The van der Waals surface area contributed by atoms with Gasteiger partial charge in [0.1, 0.15) is 5.69 Å². The number of aryl methyl sites for hydroxylation is 1. The number of nitrogens with one attached hydrogen (secondary N) is 1. The van der Waals surface area contributed by atoms with Gasteiger partial charge in [-0.15, -0.1) is 11.3 Å². The number of rotatable bonds is 6. The van der Waals surface area contributed by atoms with Crippen LogP contribution < -0.4 is 10.1 Å². The van der Waals surface area contributed by atoms with E-state index in [0.29, 0.717) is 53.8 Å². The first kappa shape index (κ1) is 23.5. The molecule has 1 saturated heterocycles. The fraction of sp³-hybridized carbons (Fsp3) is 0.280. The summed E-state index contributed by atoms with van der Waals surface area (Å²) >= 11 is 1.32. The van der Waals surface area contributed by atoms with E-state index >= 15 is 0 Å². The first-order chi connectivity index (χ1) is 16.8. The lowest BCUT2D eigenvalue weighted by atomic mass is 9.97. The van der Waals surface area contributed by atoms with Gasteiger partial charge in [0.25, 0.3) is 0 Å². The summed E-state index contributed by atoms with van der Waals surface area (Å²) in [5, 5.41) is 6.10. The Morgan fingerprint density at radius 2 is 1.91 bits per heavy atom. The van der Waals surface area contributed by atoms with Gasteiger partial charge in [0.05, 0.1) is 12.0 Å². The number of carbonyl (C=O) groups excluding carboxylic acids is 1. The molecule has 4 aromatic rings. The van der Waals surface area contributed by atoms with Crippen molar-refractivity contribution in [2.24, 2.45) is 5.92 Å². The minimum atomic E-state index is -3.56. The van der Waals surface area contributed by atoms with E-state index in [4.69, 9.17) is 9.15 Å². The highest BCUT2D eigenvalue weighted by atomic mass is 32.2. The van der Waals surface area contributed by atoms with E-state index in [9.17, 15) is 13.2 Å². The van der Waals surface area contributed by atoms with E-state index in [2.05, 4.69) is 10.3 Å². The number of ether oxygens (including phenoxy) is 1. The predicted octanol–water partition coefficient (Wildman–Crippen LogP) is 4.91. The molecule has 1 aliphatic rings. The normalized spacial score (nSPS) is 15.4. The van der Waals surface area contributed by atoms with Crippen molar-refractivity contribution in [3.63, 3.8) is 0 Å². The van der Waals surface area contributed by atoms with Crippen molar-refractivity contribution in [2.75, 3.05) is 25.5 Å². The van der Waals surface area contributed by atoms with Crippen molar-refractivity contribution in [1.29, 1.82) is 0 Å². The Kier molecular flexibility index (Phi) is 6.35. The van der Waals surface area contributed by atoms with Gasteiger partial charge in [-0.1, -0.05) is 29.8 Å². The van der Waals surface area contributed by atoms with Crippen molar-refractivity contribution >= 4 is 43.4 Å². The second-order valence-corrected chi connectivity index (χ2v) is 11.3. The van der Waals surface area contributed by atoms with Crippen molar-refractivity contribution in [1.82, 2.24) is 9.29 Å². The van der Waals surface area contributed by atoms with Crippen LogP contribution in [0, 0.1) is 12.8 Å². The lowest BCUT2D eigenvalue weighted by Crippen LogP contribution is -2.41. The Morgan fingerprint density at radius 1 is 1.17 bits per heavy atom. The summed E-state index contributed by atoms with van der Waals surface area (Å²) in [7, 11) is -1.97. The summed E-state index contributed by atoms with van der Waals surface area (Å²) in [5.41, 5.74) is 2.28. The highest BCUT2D eigenvalue weighted by molar-refractivity contribution is 7.89. The number of methoxy groups -OCH3 is 1. The fourth-order valence-electron chi connectivity index (χ4n) is 4.19. The van der Waals surface area contributed by atoms with Crippen LogP contribution in [-0.2, 0) is 14.8 Å². The van der Waals surface area contributed by atoms with Crippen LogP contribution in [0.25, 0.3) is 22.4 Å². The number of furan rings is 1. The number of thiazole rings is 1. The number of para-hydroxylation sites is 1. The van der Waals surface area contributed by atoms with Crippen LogP contribution in [0.15, 0.2) is 63.2 Å². The Morgan fingerprint density at radius 3 is 2.63 bits per heavy atom. The van der Waals surface area contributed by atoms with E-state index < -0.39 is 10.0 Å². The quantitative estimate of drug-likeness (QED) is 0.395. The molecule has 0 radical (unpaired) electrons. The van der Waals surface area contributed by atoms with Gasteiger partial charge in [-0.05, 0) is 44.0 Å². The van der Waals surface area contributed by atoms with E-state index in [1.165, 1.54) is 15.6 Å². The first-order valence-electron chi connectivity index (χ1n) is 11.3. The highest BCUT2D eigenvalue weighted by Gasteiger charge is 2.32. The third-order valence-electron chi connectivity index (χ3n) is 6.20. The Hall–Kier alpha value is -3.21. The molecular weight excluding hydrogens is 486 g/mol. The summed E-state index contributed by atoms with van der Waals surface area (Å²) < 4.78 is 38.6.